The first-order valence-electron chi connectivity index (χ1n) is 5.48. The van der Waals surface area contributed by atoms with Gasteiger partial charge in [-0.15, -0.1) is 0 Å². The summed E-state index contributed by atoms with van der Waals surface area (Å²) in [6.07, 6.45) is 7.25. The first-order valence-corrected chi connectivity index (χ1v) is 5.48. The van der Waals surface area contributed by atoms with Gasteiger partial charge in [0.05, 0.1) is 6.54 Å². The monoisotopic (exact) mass is 224 g/mol. The fraction of sp³-hybridized carbons (Fsp3) is 0.0769. The van der Waals surface area contributed by atoms with Gasteiger partial charge in [-0.3, -0.25) is 4.98 Å². The summed E-state index contributed by atoms with van der Waals surface area (Å²) in [5.74, 6) is 0.922. The first-order chi connectivity index (χ1) is 8.43. The third kappa shape index (κ3) is 1.97. The third-order valence-electron chi connectivity index (χ3n) is 2.68. The number of imidazole rings is 1. The Balaban J connectivity index is 1.90. The van der Waals surface area contributed by atoms with Crippen LogP contribution in [0.1, 0.15) is 5.82 Å². The first kappa shape index (κ1) is 9.84. The molecule has 4 nitrogen and oxygen atoms in total. The van der Waals surface area contributed by atoms with Gasteiger partial charge < -0.3 is 10.3 Å². The molecule has 1 aromatic carbocycles. The number of benzene rings is 1. The van der Waals surface area contributed by atoms with Crippen LogP contribution in [0.15, 0.2) is 49.1 Å². The van der Waals surface area contributed by atoms with E-state index in [1.807, 2.05) is 30.6 Å². The molecule has 0 aliphatic carbocycles. The topological polar surface area (TPSA) is 53.6 Å². The van der Waals surface area contributed by atoms with Crippen molar-refractivity contribution in [3.8, 4) is 0 Å². The lowest BCUT2D eigenvalue weighted by Crippen LogP contribution is -2.01. The van der Waals surface area contributed by atoms with E-state index >= 15 is 0 Å². The summed E-state index contributed by atoms with van der Waals surface area (Å²) in [6, 6.07) is 8.17. The summed E-state index contributed by atoms with van der Waals surface area (Å²) in [4.78, 5) is 11.4. The van der Waals surface area contributed by atoms with E-state index in [-0.39, 0.29) is 0 Å². The largest absolute Gasteiger partial charge is 0.377 e. The van der Waals surface area contributed by atoms with E-state index in [1.165, 1.54) is 5.39 Å². The van der Waals surface area contributed by atoms with Crippen molar-refractivity contribution < 1.29 is 0 Å². The van der Waals surface area contributed by atoms with Gasteiger partial charge in [0, 0.05) is 35.9 Å². The van der Waals surface area contributed by atoms with Crippen LogP contribution in [-0.2, 0) is 6.54 Å². The second-order valence-electron chi connectivity index (χ2n) is 3.79. The molecule has 2 heterocycles. The number of aromatic amines is 1. The molecule has 0 amide bonds. The molecule has 0 radical (unpaired) electrons. The molecule has 17 heavy (non-hydrogen) atoms. The van der Waals surface area contributed by atoms with Crippen molar-refractivity contribution in [2.75, 3.05) is 5.32 Å². The van der Waals surface area contributed by atoms with Gasteiger partial charge >= 0.3 is 0 Å². The number of anilines is 1. The molecule has 3 aromatic rings. The number of fused-ring (bicyclic) bond motifs is 1. The van der Waals surface area contributed by atoms with E-state index < -0.39 is 0 Å². The Morgan fingerprint density at radius 2 is 2.18 bits per heavy atom. The maximum absolute atomic E-state index is 4.18. The summed E-state index contributed by atoms with van der Waals surface area (Å²) in [7, 11) is 0. The van der Waals surface area contributed by atoms with Crippen LogP contribution < -0.4 is 5.32 Å². The van der Waals surface area contributed by atoms with E-state index in [1.54, 1.807) is 12.4 Å². The van der Waals surface area contributed by atoms with Crippen LogP contribution in [0.3, 0.4) is 0 Å². The van der Waals surface area contributed by atoms with Crippen LogP contribution in [0.5, 0.6) is 0 Å². The molecule has 2 N–H and O–H groups in total. The molecule has 84 valence electrons. The zero-order valence-electron chi connectivity index (χ0n) is 9.22. The Morgan fingerprint density at radius 1 is 1.18 bits per heavy atom. The average Bonchev–Trinajstić information content (AvgIpc) is 2.89. The second kappa shape index (κ2) is 4.25. The molecule has 0 aliphatic heterocycles. The lowest BCUT2D eigenvalue weighted by atomic mass is 10.1. The molecule has 0 unspecified atom stereocenters. The molecular weight excluding hydrogens is 212 g/mol. The molecular formula is C13H12N4. The van der Waals surface area contributed by atoms with Gasteiger partial charge in [0.2, 0.25) is 0 Å². The summed E-state index contributed by atoms with van der Waals surface area (Å²) in [5, 5.41) is 5.67. The van der Waals surface area contributed by atoms with E-state index in [9.17, 15) is 0 Å². The molecule has 3 rings (SSSR count). The molecule has 0 atom stereocenters. The highest BCUT2D eigenvalue weighted by Crippen LogP contribution is 2.22. The normalized spacial score (nSPS) is 10.6. The van der Waals surface area contributed by atoms with Crippen LogP contribution in [0, 0.1) is 0 Å². The predicted octanol–water partition coefficient (Wildman–Crippen LogP) is 2.57. The Hall–Kier alpha value is -2.36. The lowest BCUT2D eigenvalue weighted by Gasteiger charge is -2.07. The van der Waals surface area contributed by atoms with E-state index in [2.05, 4.69) is 26.3 Å². The number of hydrogen-bond donors (Lipinski definition) is 2. The average molecular weight is 224 g/mol. The Labute approximate surface area is 98.7 Å². The fourth-order valence-corrected chi connectivity index (χ4v) is 1.84. The maximum Gasteiger partial charge on any atom is 0.125 e. The Kier molecular flexibility index (Phi) is 2.46. The molecule has 0 spiro atoms. The summed E-state index contributed by atoms with van der Waals surface area (Å²) in [5.41, 5.74) is 1.08. The van der Waals surface area contributed by atoms with Crippen molar-refractivity contribution in [1.29, 1.82) is 0 Å². The van der Waals surface area contributed by atoms with E-state index in [4.69, 9.17) is 0 Å². The quantitative estimate of drug-likeness (QED) is 0.719. The summed E-state index contributed by atoms with van der Waals surface area (Å²) in [6.45, 7) is 0.682. The van der Waals surface area contributed by atoms with Gasteiger partial charge in [-0.1, -0.05) is 12.1 Å². The molecule has 0 aliphatic rings. The molecule has 4 heteroatoms. The van der Waals surface area contributed by atoms with Crippen LogP contribution in [-0.4, -0.2) is 15.0 Å². The highest BCUT2D eigenvalue weighted by Gasteiger charge is 2.00. The molecule has 0 bridgehead atoms. The molecule has 0 saturated heterocycles. The van der Waals surface area contributed by atoms with E-state index in [0.29, 0.717) is 6.54 Å². The third-order valence-corrected chi connectivity index (χ3v) is 2.68. The smallest absolute Gasteiger partial charge is 0.125 e. The van der Waals surface area contributed by atoms with Crippen molar-refractivity contribution in [3.05, 3.63) is 54.9 Å². The van der Waals surface area contributed by atoms with Gasteiger partial charge in [0.1, 0.15) is 5.82 Å². The maximum atomic E-state index is 4.18. The van der Waals surface area contributed by atoms with Crippen molar-refractivity contribution in [2.24, 2.45) is 0 Å². The highest BCUT2D eigenvalue weighted by atomic mass is 15.0. The number of H-pyrrole nitrogens is 1. The Bertz CT molecular complexity index is 611. The minimum atomic E-state index is 0.682. The fourth-order valence-electron chi connectivity index (χ4n) is 1.84. The second-order valence-corrected chi connectivity index (χ2v) is 3.79. The molecule has 0 saturated carbocycles. The van der Waals surface area contributed by atoms with Crippen LogP contribution in [0.2, 0.25) is 0 Å². The zero-order valence-corrected chi connectivity index (χ0v) is 9.22. The number of aromatic nitrogens is 3. The number of hydrogen-bond acceptors (Lipinski definition) is 3. The molecule has 0 fully saturated rings. The number of rotatable bonds is 3. The van der Waals surface area contributed by atoms with Gasteiger partial charge in [-0.25, -0.2) is 4.98 Å². The Morgan fingerprint density at radius 3 is 3.06 bits per heavy atom. The van der Waals surface area contributed by atoms with Gasteiger partial charge in [-0.2, -0.15) is 0 Å². The minimum absolute atomic E-state index is 0.682. The summed E-state index contributed by atoms with van der Waals surface area (Å²) < 4.78 is 0. The highest BCUT2D eigenvalue weighted by molar-refractivity contribution is 5.92. The van der Waals surface area contributed by atoms with Crippen LogP contribution in [0.25, 0.3) is 10.8 Å². The summed E-state index contributed by atoms with van der Waals surface area (Å²) >= 11 is 0. The van der Waals surface area contributed by atoms with Gasteiger partial charge in [-0.05, 0) is 17.5 Å². The number of nitrogens with zero attached hydrogens (tertiary/aromatic N) is 2. The van der Waals surface area contributed by atoms with Crippen molar-refractivity contribution >= 4 is 16.5 Å². The lowest BCUT2D eigenvalue weighted by molar-refractivity contribution is 1.00. The zero-order chi connectivity index (χ0) is 11.5. The number of nitrogens with one attached hydrogen (secondary N) is 2. The van der Waals surface area contributed by atoms with Gasteiger partial charge in [0.25, 0.3) is 0 Å². The molecule has 2 aromatic heterocycles. The van der Waals surface area contributed by atoms with Crippen LogP contribution >= 0.6 is 0 Å². The van der Waals surface area contributed by atoms with Crippen molar-refractivity contribution in [1.82, 2.24) is 15.0 Å². The van der Waals surface area contributed by atoms with Crippen molar-refractivity contribution in [3.63, 3.8) is 0 Å². The predicted molar refractivity (Wildman–Crippen MR) is 67.7 cm³/mol. The standard InChI is InChI=1S/C13H12N4/c1-2-10-4-5-14-8-11(10)12(3-1)17-9-13-15-6-7-16-13/h1-8,17H,9H2,(H,15,16). The van der Waals surface area contributed by atoms with Crippen LogP contribution in [0.4, 0.5) is 5.69 Å². The van der Waals surface area contributed by atoms with Crippen molar-refractivity contribution in [2.45, 2.75) is 6.54 Å². The minimum Gasteiger partial charge on any atom is -0.377 e. The number of pyridine rings is 1. The van der Waals surface area contributed by atoms with Gasteiger partial charge in [0.15, 0.2) is 0 Å². The van der Waals surface area contributed by atoms with E-state index in [0.717, 1.165) is 16.9 Å². The SMILES string of the molecule is c1cc(NCc2ncc[nH]2)c2cnccc2c1.